The molecule has 0 aliphatic heterocycles. The van der Waals surface area contributed by atoms with Crippen LogP contribution in [0.5, 0.6) is 0 Å². The highest BCUT2D eigenvalue weighted by Crippen LogP contribution is 2.44. The molecule has 0 fully saturated rings. The summed E-state index contributed by atoms with van der Waals surface area (Å²) < 4.78 is 0. The lowest BCUT2D eigenvalue weighted by atomic mass is 10.1. The van der Waals surface area contributed by atoms with E-state index in [0.717, 1.165) is 12.1 Å². The zero-order chi connectivity index (χ0) is 18.7. The van der Waals surface area contributed by atoms with E-state index >= 15 is 0 Å². The third kappa shape index (κ3) is 3.57. The lowest BCUT2D eigenvalue weighted by Gasteiger charge is -2.05. The first-order valence-corrected chi connectivity index (χ1v) is 9.19. The molecular formula is C20H16ClN3OS. The Hall–Kier alpha value is -2.81. The highest BCUT2D eigenvalue weighted by Gasteiger charge is 2.22. The van der Waals surface area contributed by atoms with Crippen molar-refractivity contribution >= 4 is 50.8 Å². The summed E-state index contributed by atoms with van der Waals surface area (Å²) in [6.07, 6.45) is 0.958. The van der Waals surface area contributed by atoms with Gasteiger partial charge in [-0.1, -0.05) is 30.7 Å². The second-order valence-electron chi connectivity index (χ2n) is 5.65. The smallest absolute Gasteiger partial charge is 0.243 e. The SMILES string of the molecule is [C-]#[N+]c1c(Nc2ccc(CC)cc2)sc(C(=O)c2ccc(Cl)cc2)c1N. The second-order valence-corrected chi connectivity index (χ2v) is 7.10. The molecule has 1 aromatic heterocycles. The van der Waals surface area contributed by atoms with Crippen LogP contribution in [0.3, 0.4) is 0 Å². The summed E-state index contributed by atoms with van der Waals surface area (Å²) in [6.45, 7) is 9.52. The Morgan fingerprint density at radius 3 is 2.42 bits per heavy atom. The van der Waals surface area contributed by atoms with Crippen LogP contribution < -0.4 is 11.1 Å². The van der Waals surface area contributed by atoms with Crippen molar-refractivity contribution in [2.24, 2.45) is 0 Å². The van der Waals surface area contributed by atoms with E-state index in [1.165, 1.54) is 16.9 Å². The molecule has 4 nitrogen and oxygen atoms in total. The number of hydrogen-bond donors (Lipinski definition) is 2. The van der Waals surface area contributed by atoms with Gasteiger partial charge in [-0.3, -0.25) is 4.79 Å². The lowest BCUT2D eigenvalue weighted by Crippen LogP contribution is -2.01. The average molecular weight is 382 g/mol. The quantitative estimate of drug-likeness (QED) is 0.416. The minimum Gasteiger partial charge on any atom is -0.406 e. The standard InChI is InChI=1S/C20H16ClN3OS/c1-3-12-4-10-15(11-5-12)24-20-17(23-2)16(22)19(26-20)18(25)13-6-8-14(21)9-7-13/h4-11,24H,3,22H2,1H3. The van der Waals surface area contributed by atoms with Gasteiger partial charge in [0, 0.05) is 16.3 Å². The number of carbonyl (C=O) groups excluding carboxylic acids is 1. The van der Waals surface area contributed by atoms with Crippen molar-refractivity contribution in [3.63, 3.8) is 0 Å². The Morgan fingerprint density at radius 1 is 1.19 bits per heavy atom. The molecular weight excluding hydrogens is 366 g/mol. The summed E-state index contributed by atoms with van der Waals surface area (Å²) >= 11 is 7.06. The van der Waals surface area contributed by atoms with E-state index in [4.69, 9.17) is 23.9 Å². The molecule has 2 aromatic carbocycles. The van der Waals surface area contributed by atoms with Crippen LogP contribution in [0.1, 0.15) is 27.7 Å². The molecule has 0 spiro atoms. The normalized spacial score (nSPS) is 10.3. The molecule has 1 heterocycles. The van der Waals surface area contributed by atoms with Crippen molar-refractivity contribution in [1.29, 1.82) is 0 Å². The first-order chi connectivity index (χ1) is 12.5. The zero-order valence-corrected chi connectivity index (χ0v) is 15.6. The molecule has 0 atom stereocenters. The monoisotopic (exact) mass is 381 g/mol. The van der Waals surface area contributed by atoms with Gasteiger partial charge in [-0.2, -0.15) is 0 Å². The minimum absolute atomic E-state index is 0.206. The zero-order valence-electron chi connectivity index (χ0n) is 14.0. The molecule has 0 amide bonds. The molecule has 0 unspecified atom stereocenters. The molecule has 0 aliphatic carbocycles. The Labute approximate surface area is 161 Å². The van der Waals surface area contributed by atoms with E-state index in [1.807, 2.05) is 24.3 Å². The van der Waals surface area contributed by atoms with Crippen molar-refractivity contribution in [2.45, 2.75) is 13.3 Å². The Kier molecular flexibility index (Phi) is 5.27. The van der Waals surface area contributed by atoms with Crippen molar-refractivity contribution in [3.8, 4) is 0 Å². The van der Waals surface area contributed by atoms with Gasteiger partial charge in [0.2, 0.25) is 11.5 Å². The van der Waals surface area contributed by atoms with Gasteiger partial charge in [0.15, 0.2) is 0 Å². The molecule has 6 heteroatoms. The fraction of sp³-hybridized carbons (Fsp3) is 0.100. The summed E-state index contributed by atoms with van der Waals surface area (Å²) in [6, 6.07) is 14.6. The van der Waals surface area contributed by atoms with Gasteiger partial charge in [-0.25, -0.2) is 4.85 Å². The maximum absolute atomic E-state index is 12.8. The molecule has 0 radical (unpaired) electrons. The predicted molar refractivity (Wildman–Crippen MR) is 109 cm³/mol. The number of thiophene rings is 1. The fourth-order valence-corrected chi connectivity index (χ4v) is 3.66. The molecule has 0 saturated carbocycles. The van der Waals surface area contributed by atoms with Crippen molar-refractivity contribution < 1.29 is 4.79 Å². The van der Waals surface area contributed by atoms with Crippen molar-refractivity contribution in [3.05, 3.63) is 81.0 Å². The molecule has 3 rings (SSSR count). The van der Waals surface area contributed by atoms with Crippen LogP contribution in [0.2, 0.25) is 5.02 Å². The van der Waals surface area contributed by atoms with Crippen molar-refractivity contribution in [2.75, 3.05) is 11.1 Å². The van der Waals surface area contributed by atoms with Crippen LogP contribution in [-0.4, -0.2) is 5.78 Å². The van der Waals surface area contributed by atoms with E-state index in [2.05, 4.69) is 17.1 Å². The number of nitrogens with two attached hydrogens (primary N) is 1. The number of aryl methyl sites for hydroxylation is 1. The van der Waals surface area contributed by atoms with Crippen LogP contribution in [0.25, 0.3) is 4.85 Å². The summed E-state index contributed by atoms with van der Waals surface area (Å²) in [5.74, 6) is -0.219. The number of carbonyl (C=O) groups is 1. The maximum Gasteiger partial charge on any atom is 0.243 e. The average Bonchev–Trinajstić information content (AvgIpc) is 2.97. The maximum atomic E-state index is 12.8. The number of nitrogen functional groups attached to an aromatic ring is 1. The van der Waals surface area contributed by atoms with Gasteiger partial charge in [0.1, 0.15) is 5.00 Å². The van der Waals surface area contributed by atoms with Crippen LogP contribution in [-0.2, 0) is 6.42 Å². The van der Waals surface area contributed by atoms with E-state index in [-0.39, 0.29) is 17.2 Å². The molecule has 3 aromatic rings. The number of hydrogen-bond acceptors (Lipinski definition) is 4. The van der Waals surface area contributed by atoms with Crippen LogP contribution >= 0.6 is 22.9 Å². The van der Waals surface area contributed by atoms with Gasteiger partial charge in [-0.15, -0.1) is 11.3 Å². The minimum atomic E-state index is -0.219. The van der Waals surface area contributed by atoms with Gasteiger partial charge in [-0.05, 0) is 48.4 Å². The Balaban J connectivity index is 1.94. The van der Waals surface area contributed by atoms with E-state index in [1.54, 1.807) is 24.3 Å². The molecule has 0 saturated heterocycles. The Morgan fingerprint density at radius 2 is 1.85 bits per heavy atom. The van der Waals surface area contributed by atoms with Gasteiger partial charge in [0.25, 0.3) is 0 Å². The molecule has 26 heavy (non-hydrogen) atoms. The summed E-state index contributed by atoms with van der Waals surface area (Å²) in [5, 5.41) is 4.33. The molecule has 0 bridgehead atoms. The number of rotatable bonds is 5. The summed E-state index contributed by atoms with van der Waals surface area (Å²) in [5.41, 5.74) is 9.13. The lowest BCUT2D eigenvalue weighted by molar-refractivity contribution is 0.104. The van der Waals surface area contributed by atoms with Gasteiger partial charge < -0.3 is 11.1 Å². The molecule has 3 N–H and O–H groups in total. The summed E-state index contributed by atoms with van der Waals surface area (Å²) in [7, 11) is 0. The fourth-order valence-electron chi connectivity index (χ4n) is 2.49. The number of nitrogens with one attached hydrogen (secondary N) is 1. The number of benzene rings is 2. The van der Waals surface area contributed by atoms with E-state index in [9.17, 15) is 4.79 Å². The summed E-state index contributed by atoms with van der Waals surface area (Å²) in [4.78, 5) is 16.6. The highest BCUT2D eigenvalue weighted by atomic mass is 35.5. The first kappa shape index (κ1) is 18.0. The largest absolute Gasteiger partial charge is 0.406 e. The Bertz CT molecular complexity index is 986. The number of anilines is 3. The third-order valence-corrected chi connectivity index (χ3v) is 5.32. The van der Waals surface area contributed by atoms with Crippen LogP contribution in [0, 0.1) is 6.57 Å². The number of halogens is 1. The topological polar surface area (TPSA) is 59.5 Å². The molecule has 0 aliphatic rings. The number of nitrogens with zero attached hydrogens (tertiary/aromatic N) is 1. The van der Waals surface area contributed by atoms with Crippen LogP contribution in [0.4, 0.5) is 22.1 Å². The highest BCUT2D eigenvalue weighted by molar-refractivity contribution is 7.19. The van der Waals surface area contributed by atoms with E-state index in [0.29, 0.717) is 20.5 Å². The molecule has 130 valence electrons. The third-order valence-electron chi connectivity index (χ3n) is 3.96. The van der Waals surface area contributed by atoms with Crippen LogP contribution in [0.15, 0.2) is 48.5 Å². The van der Waals surface area contributed by atoms with Crippen molar-refractivity contribution in [1.82, 2.24) is 0 Å². The first-order valence-electron chi connectivity index (χ1n) is 7.99. The van der Waals surface area contributed by atoms with Gasteiger partial charge in [0.05, 0.1) is 17.1 Å². The number of ketones is 1. The second kappa shape index (κ2) is 7.61. The van der Waals surface area contributed by atoms with Gasteiger partial charge >= 0.3 is 0 Å². The van der Waals surface area contributed by atoms with E-state index < -0.39 is 0 Å². The predicted octanol–water partition coefficient (Wildman–Crippen LogP) is 6.07.